The lowest BCUT2D eigenvalue weighted by Crippen LogP contribution is -2.05. The summed E-state index contributed by atoms with van der Waals surface area (Å²) < 4.78 is 4.34. The Labute approximate surface area is 263 Å². The summed E-state index contributed by atoms with van der Waals surface area (Å²) in [6.07, 6.45) is 0. The van der Waals surface area contributed by atoms with E-state index in [4.69, 9.17) is 0 Å². The predicted molar refractivity (Wildman–Crippen MR) is 179 cm³/mol. The number of para-hydroxylation sites is 2. The normalized spacial score (nSPS) is 11.0. The lowest BCUT2D eigenvalue weighted by atomic mass is 9.97. The van der Waals surface area contributed by atoms with Crippen LogP contribution in [0.1, 0.15) is 22.3 Å². The molecule has 6 aromatic carbocycles. The highest BCUT2D eigenvalue weighted by Gasteiger charge is 2.22. The minimum Gasteiger partial charge on any atom is -0.307 e. The molecule has 0 amide bonds. The first kappa shape index (κ1) is 26.5. The van der Waals surface area contributed by atoms with E-state index in [1.165, 1.54) is 0 Å². The summed E-state index contributed by atoms with van der Waals surface area (Å²) in [6.45, 7) is 0. The highest BCUT2D eigenvalue weighted by Crippen LogP contribution is 2.41. The zero-order valence-corrected chi connectivity index (χ0v) is 24.2. The lowest BCUT2D eigenvalue weighted by Gasteiger charge is -2.19. The van der Waals surface area contributed by atoms with Crippen molar-refractivity contribution >= 4 is 43.6 Å². The smallest absolute Gasteiger partial charge is 0.0998 e. The van der Waals surface area contributed by atoms with E-state index in [-0.39, 0.29) is 0 Å². The average molecular weight is 585 g/mol. The summed E-state index contributed by atoms with van der Waals surface area (Å²) in [5.41, 5.74) is 8.85. The molecular weight excluding hydrogens is 564 g/mol. The number of nitriles is 4. The van der Waals surface area contributed by atoms with Gasteiger partial charge in [-0.3, -0.25) is 0 Å². The van der Waals surface area contributed by atoms with Gasteiger partial charge in [-0.25, -0.2) is 0 Å². The number of hydrogen-bond acceptors (Lipinski definition) is 4. The topological polar surface area (TPSA) is 105 Å². The number of benzene rings is 6. The van der Waals surface area contributed by atoms with E-state index in [9.17, 15) is 21.0 Å². The molecule has 8 rings (SSSR count). The van der Waals surface area contributed by atoms with Crippen molar-refractivity contribution in [1.82, 2.24) is 9.13 Å². The van der Waals surface area contributed by atoms with Gasteiger partial charge in [0, 0.05) is 27.1 Å². The molecule has 6 nitrogen and oxygen atoms in total. The second kappa shape index (κ2) is 10.3. The molecule has 0 fully saturated rings. The van der Waals surface area contributed by atoms with Crippen LogP contribution in [0, 0.1) is 45.3 Å². The molecule has 8 aromatic rings. The molecule has 0 N–H and O–H groups in total. The second-order valence-electron chi connectivity index (χ2n) is 11.1. The van der Waals surface area contributed by atoms with Gasteiger partial charge in [-0.15, -0.1) is 0 Å². The Balaban J connectivity index is 1.58. The molecule has 0 spiro atoms. The predicted octanol–water partition coefficient (Wildman–Crippen LogP) is 9.03. The molecule has 0 saturated heterocycles. The van der Waals surface area contributed by atoms with Crippen molar-refractivity contribution in [1.29, 1.82) is 21.0 Å². The molecule has 0 aliphatic carbocycles. The van der Waals surface area contributed by atoms with Crippen molar-refractivity contribution in [3.8, 4) is 46.8 Å². The van der Waals surface area contributed by atoms with Crippen LogP contribution >= 0.6 is 0 Å². The summed E-state index contributed by atoms with van der Waals surface area (Å²) >= 11 is 0. The van der Waals surface area contributed by atoms with E-state index < -0.39 is 0 Å². The van der Waals surface area contributed by atoms with Crippen LogP contribution in [0.5, 0.6) is 0 Å². The number of rotatable bonds is 3. The number of hydrogen-bond donors (Lipinski definition) is 0. The maximum Gasteiger partial charge on any atom is 0.0998 e. The van der Waals surface area contributed by atoms with Crippen LogP contribution in [0.25, 0.3) is 66.1 Å². The maximum atomic E-state index is 10.5. The minimum atomic E-state index is 0.459. The van der Waals surface area contributed by atoms with E-state index in [0.717, 1.165) is 60.5 Å². The van der Waals surface area contributed by atoms with Gasteiger partial charge >= 0.3 is 0 Å². The van der Waals surface area contributed by atoms with Crippen molar-refractivity contribution < 1.29 is 0 Å². The minimum absolute atomic E-state index is 0.459. The molecule has 210 valence electrons. The van der Waals surface area contributed by atoms with Crippen LogP contribution in [0.4, 0.5) is 0 Å². The summed E-state index contributed by atoms with van der Waals surface area (Å²) in [5.74, 6) is 0. The zero-order chi connectivity index (χ0) is 31.4. The molecule has 0 unspecified atom stereocenters. The number of nitrogens with zero attached hydrogens (tertiary/aromatic N) is 6. The van der Waals surface area contributed by atoms with Gasteiger partial charge in [0.1, 0.15) is 0 Å². The molecule has 0 radical (unpaired) electrons. The van der Waals surface area contributed by atoms with Crippen LogP contribution in [-0.4, -0.2) is 9.13 Å². The summed E-state index contributed by atoms with van der Waals surface area (Å²) in [4.78, 5) is 0. The van der Waals surface area contributed by atoms with Gasteiger partial charge in [0.2, 0.25) is 0 Å². The van der Waals surface area contributed by atoms with Crippen LogP contribution in [0.2, 0.25) is 0 Å². The van der Waals surface area contributed by atoms with E-state index in [0.29, 0.717) is 27.8 Å². The van der Waals surface area contributed by atoms with E-state index in [1.54, 1.807) is 12.1 Å². The Bertz CT molecular complexity index is 2750. The lowest BCUT2D eigenvalue weighted by molar-refractivity contribution is 1.09. The third-order valence-corrected chi connectivity index (χ3v) is 8.62. The fourth-order valence-corrected chi connectivity index (χ4v) is 6.63. The van der Waals surface area contributed by atoms with Gasteiger partial charge in [-0.1, -0.05) is 48.5 Å². The Kier molecular flexibility index (Phi) is 5.91. The van der Waals surface area contributed by atoms with Gasteiger partial charge in [0.25, 0.3) is 0 Å². The van der Waals surface area contributed by atoms with Gasteiger partial charge in [-0.05, 0) is 78.4 Å². The molecule has 46 heavy (non-hydrogen) atoms. The largest absolute Gasteiger partial charge is 0.307 e. The highest BCUT2D eigenvalue weighted by molar-refractivity contribution is 6.12. The van der Waals surface area contributed by atoms with Gasteiger partial charge in [0.15, 0.2) is 0 Å². The highest BCUT2D eigenvalue weighted by atomic mass is 15.1. The van der Waals surface area contributed by atoms with Crippen LogP contribution in [0.3, 0.4) is 0 Å². The molecule has 2 aromatic heterocycles. The SMILES string of the molecule is N#Cc1cccc(-c2cc(-n3c4ccccc4c4cc(C#N)ccc43)c(-n3c4ccccc4c4cc(C#N)ccc43)cc2C#N)c1. The molecule has 2 heterocycles. The molecule has 0 aliphatic rings. The van der Waals surface area contributed by atoms with E-state index >= 15 is 0 Å². The number of fused-ring (bicyclic) bond motifs is 6. The van der Waals surface area contributed by atoms with Gasteiger partial charge in [-0.2, -0.15) is 21.0 Å². The zero-order valence-electron chi connectivity index (χ0n) is 24.2. The van der Waals surface area contributed by atoms with Crippen LogP contribution < -0.4 is 0 Å². The molecule has 0 bridgehead atoms. The summed E-state index contributed by atoms with van der Waals surface area (Å²) in [5, 5.41) is 43.5. The summed E-state index contributed by atoms with van der Waals surface area (Å²) in [6, 6.07) is 48.0. The molecule has 0 saturated carbocycles. The first-order valence-electron chi connectivity index (χ1n) is 14.6. The Hall–Kier alpha value is -7.12. The first-order chi connectivity index (χ1) is 22.6. The molecule has 6 heteroatoms. The van der Waals surface area contributed by atoms with Crippen LogP contribution in [0.15, 0.2) is 121 Å². The van der Waals surface area contributed by atoms with Crippen molar-refractivity contribution in [2.75, 3.05) is 0 Å². The fraction of sp³-hybridized carbons (Fsp3) is 0. The van der Waals surface area contributed by atoms with E-state index in [2.05, 4.69) is 45.5 Å². The molecular formula is C40H20N6. The Morgan fingerprint density at radius 1 is 0.391 bits per heavy atom. The van der Waals surface area contributed by atoms with Crippen LogP contribution in [-0.2, 0) is 0 Å². The maximum absolute atomic E-state index is 10.5. The van der Waals surface area contributed by atoms with Crippen molar-refractivity contribution in [2.24, 2.45) is 0 Å². The van der Waals surface area contributed by atoms with Gasteiger partial charge < -0.3 is 9.13 Å². The van der Waals surface area contributed by atoms with E-state index in [1.807, 2.05) is 97.1 Å². The standard InChI is InChI=1S/C40H20N6/c41-21-25-6-5-7-28(16-25)32-20-40(46-36-11-4-2-9-31(36)34-18-27(23-43)13-15-38(34)46)39(19-29(32)24-44)45-35-10-3-1-8-30(35)33-17-26(22-42)12-14-37(33)45/h1-20H. The third-order valence-electron chi connectivity index (χ3n) is 8.62. The summed E-state index contributed by atoms with van der Waals surface area (Å²) in [7, 11) is 0. The van der Waals surface area contributed by atoms with Gasteiger partial charge in [0.05, 0.1) is 80.0 Å². The average Bonchev–Trinajstić information content (AvgIpc) is 3.63. The molecule has 0 atom stereocenters. The van der Waals surface area contributed by atoms with Crippen molar-refractivity contribution in [2.45, 2.75) is 0 Å². The molecule has 0 aliphatic heterocycles. The second-order valence-corrected chi connectivity index (χ2v) is 11.1. The monoisotopic (exact) mass is 584 g/mol. The first-order valence-corrected chi connectivity index (χ1v) is 14.6. The number of aromatic nitrogens is 2. The Morgan fingerprint density at radius 3 is 1.43 bits per heavy atom. The Morgan fingerprint density at radius 2 is 0.891 bits per heavy atom. The van der Waals surface area contributed by atoms with Crippen molar-refractivity contribution in [3.05, 3.63) is 144 Å². The van der Waals surface area contributed by atoms with Crippen molar-refractivity contribution in [3.63, 3.8) is 0 Å². The fourth-order valence-electron chi connectivity index (χ4n) is 6.63. The third kappa shape index (κ3) is 3.86. The quantitative estimate of drug-likeness (QED) is 0.207.